The predicted molar refractivity (Wildman–Crippen MR) is 123 cm³/mol. The van der Waals surface area contributed by atoms with Crippen molar-refractivity contribution in [2.45, 2.75) is 64.1 Å². The minimum atomic E-state index is -0.551. The van der Waals surface area contributed by atoms with Crippen molar-refractivity contribution in [1.29, 1.82) is 0 Å². The maximum atomic E-state index is 13.2. The lowest BCUT2D eigenvalue weighted by molar-refractivity contribution is -0.143. The minimum absolute atomic E-state index is 0.0866. The van der Waals surface area contributed by atoms with E-state index in [0.717, 1.165) is 31.2 Å². The molecule has 166 valence electrons. The molecule has 2 amide bonds. The standard InChI is InChI=1S/C25H31ClN2O3/c1-2-22(25(30)27-20-13-7-4-8-14-20)28(17-19-11-5-3-6-12-19)24(29)18-31-23-16-10-9-15-21(23)26/h3,5-6,9-12,15-16,20,22H,2,4,7-8,13-14,17-18H2,1H3,(H,27,30)/t22-/m0/s1. The van der Waals surface area contributed by atoms with Gasteiger partial charge in [-0.1, -0.05) is 80.3 Å². The molecule has 1 aliphatic carbocycles. The molecule has 0 bridgehead atoms. The first-order valence-corrected chi connectivity index (χ1v) is 11.5. The molecule has 5 nitrogen and oxygen atoms in total. The molecule has 1 atom stereocenters. The first kappa shape index (κ1) is 23.1. The lowest BCUT2D eigenvalue weighted by Crippen LogP contribution is -2.52. The fourth-order valence-corrected chi connectivity index (χ4v) is 4.22. The number of benzene rings is 2. The van der Waals surface area contributed by atoms with Gasteiger partial charge in [0.2, 0.25) is 5.91 Å². The Morgan fingerprint density at radius 2 is 1.74 bits per heavy atom. The third-order valence-electron chi connectivity index (χ3n) is 5.72. The number of nitrogens with one attached hydrogen (secondary N) is 1. The lowest BCUT2D eigenvalue weighted by Gasteiger charge is -2.32. The Hall–Kier alpha value is -2.53. The smallest absolute Gasteiger partial charge is 0.261 e. The Morgan fingerprint density at radius 3 is 2.42 bits per heavy atom. The van der Waals surface area contributed by atoms with Gasteiger partial charge in [0.15, 0.2) is 6.61 Å². The molecule has 1 saturated carbocycles. The number of ether oxygens (including phenoxy) is 1. The first-order valence-electron chi connectivity index (χ1n) is 11.1. The average molecular weight is 443 g/mol. The molecule has 0 aromatic heterocycles. The van der Waals surface area contributed by atoms with Crippen LogP contribution < -0.4 is 10.1 Å². The van der Waals surface area contributed by atoms with E-state index in [4.69, 9.17) is 16.3 Å². The normalized spacial score (nSPS) is 15.2. The average Bonchev–Trinajstić information content (AvgIpc) is 2.79. The van der Waals surface area contributed by atoms with Crippen molar-refractivity contribution >= 4 is 23.4 Å². The van der Waals surface area contributed by atoms with Gasteiger partial charge in [0.25, 0.3) is 5.91 Å². The summed E-state index contributed by atoms with van der Waals surface area (Å²) in [4.78, 5) is 28.0. The molecule has 0 saturated heterocycles. The van der Waals surface area contributed by atoms with Crippen LogP contribution in [-0.4, -0.2) is 35.4 Å². The van der Waals surface area contributed by atoms with Gasteiger partial charge < -0.3 is 15.0 Å². The summed E-state index contributed by atoms with van der Waals surface area (Å²) in [6, 6.07) is 16.4. The molecule has 0 heterocycles. The molecule has 0 radical (unpaired) electrons. The number of halogens is 1. The second kappa shape index (κ2) is 11.8. The number of nitrogens with zero attached hydrogens (tertiary/aromatic N) is 1. The number of rotatable bonds is 9. The summed E-state index contributed by atoms with van der Waals surface area (Å²) < 4.78 is 5.69. The zero-order valence-electron chi connectivity index (χ0n) is 18.1. The summed E-state index contributed by atoms with van der Waals surface area (Å²) in [6.45, 7) is 2.11. The molecule has 2 aromatic carbocycles. The van der Waals surface area contributed by atoms with Gasteiger partial charge in [0, 0.05) is 12.6 Å². The van der Waals surface area contributed by atoms with Gasteiger partial charge in [0.1, 0.15) is 11.8 Å². The molecule has 31 heavy (non-hydrogen) atoms. The van der Waals surface area contributed by atoms with Crippen LogP contribution in [0.2, 0.25) is 5.02 Å². The molecular weight excluding hydrogens is 412 g/mol. The van der Waals surface area contributed by atoms with Crippen molar-refractivity contribution in [2.24, 2.45) is 0 Å². The predicted octanol–water partition coefficient (Wildman–Crippen LogP) is 4.98. The summed E-state index contributed by atoms with van der Waals surface area (Å²) in [7, 11) is 0. The summed E-state index contributed by atoms with van der Waals surface area (Å²) in [6.07, 6.45) is 6.04. The molecule has 2 aromatic rings. The van der Waals surface area contributed by atoms with E-state index in [2.05, 4.69) is 5.32 Å². The van der Waals surface area contributed by atoms with Gasteiger partial charge in [0.05, 0.1) is 5.02 Å². The third-order valence-corrected chi connectivity index (χ3v) is 6.03. The van der Waals surface area contributed by atoms with Crippen molar-refractivity contribution < 1.29 is 14.3 Å². The van der Waals surface area contributed by atoms with Crippen molar-refractivity contribution in [1.82, 2.24) is 10.2 Å². The van der Waals surface area contributed by atoms with Crippen LogP contribution in [-0.2, 0) is 16.1 Å². The highest BCUT2D eigenvalue weighted by Crippen LogP contribution is 2.23. The van der Waals surface area contributed by atoms with E-state index in [9.17, 15) is 9.59 Å². The Bertz CT molecular complexity index is 853. The van der Waals surface area contributed by atoms with Crippen LogP contribution in [0, 0.1) is 0 Å². The Kier molecular flexibility index (Phi) is 8.77. The highest BCUT2D eigenvalue weighted by Gasteiger charge is 2.30. The largest absolute Gasteiger partial charge is 0.482 e. The van der Waals surface area contributed by atoms with Crippen molar-refractivity contribution in [2.75, 3.05) is 6.61 Å². The highest BCUT2D eigenvalue weighted by molar-refractivity contribution is 6.32. The minimum Gasteiger partial charge on any atom is -0.482 e. The molecule has 0 aliphatic heterocycles. The Balaban J connectivity index is 1.73. The first-order chi connectivity index (χ1) is 15.1. The molecule has 0 unspecified atom stereocenters. The molecule has 1 N–H and O–H groups in total. The Morgan fingerprint density at radius 1 is 1.06 bits per heavy atom. The van der Waals surface area contributed by atoms with E-state index >= 15 is 0 Å². The SMILES string of the molecule is CC[C@@H](C(=O)NC1CCCCC1)N(Cc1ccccc1)C(=O)COc1ccccc1Cl. The summed E-state index contributed by atoms with van der Waals surface area (Å²) >= 11 is 6.15. The Labute approximate surface area is 189 Å². The van der Waals surface area contributed by atoms with Gasteiger partial charge in [-0.05, 0) is 37.0 Å². The van der Waals surface area contributed by atoms with Gasteiger partial charge >= 0.3 is 0 Å². The number of para-hydroxylation sites is 1. The van der Waals surface area contributed by atoms with E-state index in [-0.39, 0.29) is 24.5 Å². The van der Waals surface area contributed by atoms with Gasteiger partial charge in [-0.3, -0.25) is 9.59 Å². The second-order valence-corrected chi connectivity index (χ2v) is 8.40. The molecule has 1 aliphatic rings. The van der Waals surface area contributed by atoms with Crippen molar-refractivity contribution in [3.8, 4) is 5.75 Å². The number of carbonyl (C=O) groups excluding carboxylic acids is 2. The van der Waals surface area contributed by atoms with Crippen LogP contribution in [0.25, 0.3) is 0 Å². The topological polar surface area (TPSA) is 58.6 Å². The van der Waals surface area contributed by atoms with Crippen LogP contribution >= 0.6 is 11.6 Å². The number of hydrogen-bond acceptors (Lipinski definition) is 3. The van der Waals surface area contributed by atoms with E-state index in [1.165, 1.54) is 6.42 Å². The molecule has 3 rings (SSSR count). The maximum absolute atomic E-state index is 13.2. The number of hydrogen-bond donors (Lipinski definition) is 1. The van der Waals surface area contributed by atoms with Crippen LogP contribution in [0.5, 0.6) is 5.75 Å². The lowest BCUT2D eigenvalue weighted by atomic mass is 9.95. The van der Waals surface area contributed by atoms with Crippen LogP contribution in [0.4, 0.5) is 0 Å². The van der Waals surface area contributed by atoms with Crippen molar-refractivity contribution in [3.05, 3.63) is 65.2 Å². The van der Waals surface area contributed by atoms with Gasteiger partial charge in [-0.15, -0.1) is 0 Å². The summed E-state index contributed by atoms with van der Waals surface area (Å²) in [5.41, 5.74) is 0.970. The fraction of sp³-hybridized carbons (Fsp3) is 0.440. The zero-order chi connectivity index (χ0) is 22.1. The van der Waals surface area contributed by atoms with Crippen LogP contribution in [0.3, 0.4) is 0 Å². The van der Waals surface area contributed by atoms with E-state index < -0.39 is 6.04 Å². The number of carbonyl (C=O) groups is 2. The molecular formula is C25H31ClN2O3. The second-order valence-electron chi connectivity index (χ2n) is 7.99. The molecule has 6 heteroatoms. The van der Waals surface area contributed by atoms with Crippen molar-refractivity contribution in [3.63, 3.8) is 0 Å². The van der Waals surface area contributed by atoms with Crippen LogP contribution in [0.15, 0.2) is 54.6 Å². The highest BCUT2D eigenvalue weighted by atomic mass is 35.5. The summed E-state index contributed by atoms with van der Waals surface area (Å²) in [5, 5.41) is 3.63. The van der Waals surface area contributed by atoms with E-state index in [1.807, 2.05) is 37.3 Å². The molecule has 1 fully saturated rings. The quantitative estimate of drug-likeness (QED) is 0.596. The van der Waals surface area contributed by atoms with E-state index in [1.54, 1.807) is 29.2 Å². The van der Waals surface area contributed by atoms with Gasteiger partial charge in [-0.2, -0.15) is 0 Å². The molecule has 0 spiro atoms. The monoisotopic (exact) mass is 442 g/mol. The summed E-state index contributed by atoms with van der Waals surface area (Å²) in [5.74, 6) is 0.128. The zero-order valence-corrected chi connectivity index (χ0v) is 18.8. The van der Waals surface area contributed by atoms with Crippen LogP contribution in [0.1, 0.15) is 51.0 Å². The van der Waals surface area contributed by atoms with E-state index in [0.29, 0.717) is 23.7 Å². The fourth-order valence-electron chi connectivity index (χ4n) is 4.03. The maximum Gasteiger partial charge on any atom is 0.261 e. The third kappa shape index (κ3) is 6.73. The van der Waals surface area contributed by atoms with Gasteiger partial charge in [-0.25, -0.2) is 0 Å². The number of amides is 2.